The van der Waals surface area contributed by atoms with E-state index in [0.717, 1.165) is 18.6 Å². The summed E-state index contributed by atoms with van der Waals surface area (Å²) in [4.78, 5) is 13.8. The number of anilines is 1. The fraction of sp³-hybridized carbons (Fsp3) is 0.452. The Bertz CT molecular complexity index is 1930. The molecule has 4 atom stereocenters. The van der Waals surface area contributed by atoms with Crippen LogP contribution in [0.15, 0.2) is 18.2 Å². The van der Waals surface area contributed by atoms with Gasteiger partial charge in [-0.2, -0.15) is 23.1 Å². The Morgan fingerprint density at radius 3 is 2.81 bits per heavy atom. The van der Waals surface area contributed by atoms with Crippen molar-refractivity contribution >= 4 is 43.0 Å². The smallest absolute Gasteiger partial charge is 0.417 e. The van der Waals surface area contributed by atoms with E-state index in [-0.39, 0.29) is 47.0 Å². The van der Waals surface area contributed by atoms with E-state index in [4.69, 9.17) is 21.8 Å². The zero-order valence-corrected chi connectivity index (χ0v) is 25.5. The molecule has 0 saturated carbocycles. The Morgan fingerprint density at radius 1 is 1.26 bits per heavy atom. The highest BCUT2D eigenvalue weighted by Gasteiger charge is 2.49. The molecule has 4 aromatic rings. The standard InChI is InChI=1S/C31H28F6N6O3S/c1-39-25-22-15(3-4-18(33)26(22)47-27(25)38)21-17(31(35,36)37)9-16-24(23(21)34)41-29(42-28(16)46-20-5-7-40-19(20)12-44)45-13-30-6-2-8-43(30)11-14(32)10-30/h3-4,9,14,19-20,40,44H,2,5-8,10-13,38H2. The molecule has 4 N–H and O–H groups in total. The maximum atomic E-state index is 16.8. The van der Waals surface area contributed by atoms with E-state index in [1.54, 1.807) is 0 Å². The first-order chi connectivity index (χ1) is 22.4. The van der Waals surface area contributed by atoms with Gasteiger partial charge in [0.1, 0.15) is 30.2 Å². The van der Waals surface area contributed by atoms with E-state index >= 15 is 4.39 Å². The lowest BCUT2D eigenvalue weighted by atomic mass is 9.93. The summed E-state index contributed by atoms with van der Waals surface area (Å²) in [5.41, 5.74) is 1.65. The largest absolute Gasteiger partial charge is 0.472 e. The van der Waals surface area contributed by atoms with E-state index in [0.29, 0.717) is 43.3 Å². The summed E-state index contributed by atoms with van der Waals surface area (Å²) in [6, 6.07) is 1.57. The molecule has 16 heteroatoms. The highest BCUT2D eigenvalue weighted by atomic mass is 32.1. The second-order valence-electron chi connectivity index (χ2n) is 12.1. The molecule has 0 bridgehead atoms. The van der Waals surface area contributed by atoms with E-state index in [1.807, 2.05) is 4.90 Å². The minimum absolute atomic E-state index is 0.0428. The van der Waals surface area contributed by atoms with Crippen molar-refractivity contribution < 1.29 is 40.9 Å². The number of hydrogen-bond donors (Lipinski definition) is 3. The van der Waals surface area contributed by atoms with Crippen LogP contribution >= 0.6 is 11.3 Å². The Balaban J connectivity index is 1.44. The molecule has 0 amide bonds. The zero-order chi connectivity index (χ0) is 33.2. The first kappa shape index (κ1) is 31.7. The molecule has 2 aromatic carbocycles. The summed E-state index contributed by atoms with van der Waals surface area (Å²) < 4.78 is 102. The Morgan fingerprint density at radius 2 is 2.06 bits per heavy atom. The third-order valence-corrected chi connectivity index (χ3v) is 10.3. The number of aliphatic hydroxyl groups is 1. The quantitative estimate of drug-likeness (QED) is 0.162. The summed E-state index contributed by atoms with van der Waals surface area (Å²) in [5.74, 6) is -2.64. The van der Waals surface area contributed by atoms with Gasteiger partial charge in [0.15, 0.2) is 5.82 Å². The number of nitrogens with zero attached hydrogens (tertiary/aromatic N) is 4. The van der Waals surface area contributed by atoms with Crippen LogP contribution < -0.4 is 20.5 Å². The molecule has 0 radical (unpaired) electrons. The predicted molar refractivity (Wildman–Crippen MR) is 162 cm³/mol. The lowest BCUT2D eigenvalue weighted by Gasteiger charge is -2.30. The summed E-state index contributed by atoms with van der Waals surface area (Å²) >= 11 is 0.675. The highest BCUT2D eigenvalue weighted by molar-refractivity contribution is 7.23. The average Bonchev–Trinajstić information content (AvgIpc) is 3.78. The lowest BCUT2D eigenvalue weighted by molar-refractivity contribution is -0.137. The molecule has 9 nitrogen and oxygen atoms in total. The number of nitrogens with two attached hydrogens (primary N) is 1. The van der Waals surface area contributed by atoms with Crippen molar-refractivity contribution in [3.63, 3.8) is 0 Å². The van der Waals surface area contributed by atoms with Crippen LogP contribution in [0.3, 0.4) is 0 Å². The molecule has 3 aliphatic heterocycles. The summed E-state index contributed by atoms with van der Waals surface area (Å²) in [6.45, 7) is 8.56. The molecule has 7 rings (SSSR count). The Hall–Kier alpha value is -3.91. The monoisotopic (exact) mass is 678 g/mol. The summed E-state index contributed by atoms with van der Waals surface area (Å²) in [7, 11) is 0. The third-order valence-electron chi connectivity index (χ3n) is 9.33. The maximum absolute atomic E-state index is 16.8. The van der Waals surface area contributed by atoms with Gasteiger partial charge in [0.05, 0.1) is 45.4 Å². The minimum atomic E-state index is -5.13. The van der Waals surface area contributed by atoms with E-state index in [2.05, 4.69) is 20.1 Å². The van der Waals surface area contributed by atoms with Crippen molar-refractivity contribution in [1.82, 2.24) is 20.2 Å². The van der Waals surface area contributed by atoms with E-state index in [9.17, 15) is 27.1 Å². The van der Waals surface area contributed by atoms with Crippen LogP contribution in [0.4, 0.5) is 37.0 Å². The lowest BCUT2D eigenvalue weighted by Crippen LogP contribution is -2.43. The van der Waals surface area contributed by atoms with Crippen LogP contribution in [0.25, 0.3) is 37.0 Å². The fourth-order valence-corrected chi connectivity index (χ4v) is 8.11. The van der Waals surface area contributed by atoms with Crippen LogP contribution in [-0.2, 0) is 6.18 Å². The number of nitrogens with one attached hydrogen (secondary N) is 1. The van der Waals surface area contributed by atoms with Gasteiger partial charge in [0.25, 0.3) is 0 Å². The molecule has 4 unspecified atom stereocenters. The van der Waals surface area contributed by atoms with Gasteiger partial charge >= 0.3 is 12.2 Å². The number of ether oxygens (including phenoxy) is 2. The fourth-order valence-electron chi connectivity index (χ4n) is 7.17. The first-order valence-electron chi connectivity index (χ1n) is 15.0. The number of alkyl halides is 4. The number of fused-ring (bicyclic) bond motifs is 3. The van der Waals surface area contributed by atoms with Crippen LogP contribution in [0.1, 0.15) is 31.2 Å². The second-order valence-corrected chi connectivity index (χ2v) is 13.1. The van der Waals surface area contributed by atoms with Crippen molar-refractivity contribution in [3.8, 4) is 23.0 Å². The van der Waals surface area contributed by atoms with Crippen LogP contribution in [-0.4, -0.2) is 76.7 Å². The minimum Gasteiger partial charge on any atom is -0.472 e. The van der Waals surface area contributed by atoms with Gasteiger partial charge in [0, 0.05) is 23.9 Å². The number of aliphatic hydroxyl groups excluding tert-OH is 1. The van der Waals surface area contributed by atoms with Gasteiger partial charge in [-0.15, -0.1) is 11.3 Å². The number of halogens is 6. The molecule has 3 saturated heterocycles. The van der Waals surface area contributed by atoms with Gasteiger partial charge in [-0.25, -0.2) is 18.0 Å². The summed E-state index contributed by atoms with van der Waals surface area (Å²) in [5, 5.41) is 12.0. The molecule has 3 fully saturated rings. The Labute approximate surface area is 268 Å². The van der Waals surface area contributed by atoms with E-state index < -0.39 is 81.2 Å². The molecule has 0 aliphatic carbocycles. The van der Waals surface area contributed by atoms with E-state index in [1.165, 1.54) is 0 Å². The molecule has 248 valence electrons. The van der Waals surface area contributed by atoms with Crippen LogP contribution in [0, 0.1) is 18.2 Å². The van der Waals surface area contributed by atoms with Crippen molar-refractivity contribution in [2.75, 3.05) is 38.6 Å². The third kappa shape index (κ3) is 5.29. The number of nitrogen functional groups attached to an aromatic ring is 1. The normalized spacial score (nSPS) is 24.7. The van der Waals surface area contributed by atoms with Gasteiger partial charge in [0.2, 0.25) is 11.6 Å². The Kier molecular flexibility index (Phi) is 7.85. The van der Waals surface area contributed by atoms with Crippen molar-refractivity contribution in [1.29, 1.82) is 0 Å². The summed E-state index contributed by atoms with van der Waals surface area (Å²) in [6.07, 6.45) is -4.83. The SMILES string of the molecule is [C-]#[N+]c1c(N)sc2c(F)ccc(-c3c(C(F)(F)F)cc4c(OC5CCNC5CO)nc(OCC56CCCN5CC(F)C6)nc4c3F)c12. The molecule has 5 heterocycles. The number of aromatic nitrogens is 2. The predicted octanol–water partition coefficient (Wildman–Crippen LogP) is 6.00. The molecule has 3 aliphatic rings. The molecule has 47 heavy (non-hydrogen) atoms. The van der Waals surface area contributed by atoms with Crippen LogP contribution in [0.5, 0.6) is 11.9 Å². The van der Waals surface area contributed by atoms with Crippen molar-refractivity contribution in [2.24, 2.45) is 0 Å². The van der Waals surface area contributed by atoms with Crippen molar-refractivity contribution in [3.05, 3.63) is 46.8 Å². The average molecular weight is 679 g/mol. The second kappa shape index (κ2) is 11.7. The van der Waals surface area contributed by atoms with Gasteiger partial charge < -0.3 is 25.6 Å². The van der Waals surface area contributed by atoms with Gasteiger partial charge in [-0.3, -0.25) is 4.90 Å². The van der Waals surface area contributed by atoms with Gasteiger partial charge in [-0.1, -0.05) is 6.07 Å². The maximum Gasteiger partial charge on any atom is 0.417 e. The number of hydrogen-bond acceptors (Lipinski definition) is 9. The molecule has 2 aromatic heterocycles. The number of rotatable bonds is 7. The van der Waals surface area contributed by atoms with Gasteiger partial charge in [-0.05, 0) is 50.0 Å². The van der Waals surface area contributed by atoms with Crippen molar-refractivity contribution in [2.45, 2.75) is 55.7 Å². The number of benzene rings is 2. The zero-order valence-electron chi connectivity index (χ0n) is 24.6. The van der Waals surface area contributed by atoms with Crippen LogP contribution in [0.2, 0.25) is 0 Å². The highest BCUT2D eigenvalue weighted by Crippen LogP contribution is 2.51. The first-order valence-corrected chi connectivity index (χ1v) is 15.8. The molecule has 0 spiro atoms. The molecular weight excluding hydrogens is 650 g/mol. The molecular formula is C31H28F6N6O3S. The topological polar surface area (TPSA) is 110 Å². The number of thiophene rings is 1.